The topological polar surface area (TPSA) is 79.0 Å². The fraction of sp³-hybridized carbons (Fsp3) is 0.111. The number of hydrogen-bond donors (Lipinski definition) is 3. The predicted molar refractivity (Wildman–Crippen MR) is 95.0 cm³/mol. The summed E-state index contributed by atoms with van der Waals surface area (Å²) in [5.74, 6) is 0.387. The highest BCUT2D eigenvalue weighted by atomic mass is 16.5. The molecule has 3 N–H and O–H groups in total. The number of nitrogens with zero attached hydrogens (tertiary/aromatic N) is 1. The van der Waals surface area contributed by atoms with Crippen molar-refractivity contribution in [2.24, 2.45) is 0 Å². The van der Waals surface area contributed by atoms with Crippen molar-refractivity contribution in [3.8, 4) is 0 Å². The molecule has 1 aromatic heterocycles. The van der Waals surface area contributed by atoms with E-state index in [2.05, 4.69) is 20.6 Å². The van der Waals surface area contributed by atoms with Crippen LogP contribution in [0.2, 0.25) is 0 Å². The zero-order valence-electron chi connectivity index (χ0n) is 13.2. The van der Waals surface area contributed by atoms with E-state index in [1.807, 2.05) is 54.6 Å². The lowest BCUT2D eigenvalue weighted by Crippen LogP contribution is -2.12. The van der Waals surface area contributed by atoms with Crippen LogP contribution in [0.3, 0.4) is 0 Å². The molecule has 0 fully saturated rings. The number of benzene rings is 2. The van der Waals surface area contributed by atoms with Crippen LogP contribution in [0.1, 0.15) is 5.69 Å². The van der Waals surface area contributed by atoms with Crippen LogP contribution in [0.5, 0.6) is 0 Å². The van der Waals surface area contributed by atoms with Gasteiger partial charge in [0.1, 0.15) is 0 Å². The van der Waals surface area contributed by atoms with Gasteiger partial charge in [0.2, 0.25) is 5.95 Å². The SMILES string of the molecule is COCc1cc(=O)[nH]c(Nc2ccc(Nc3ccccc3)cc2)n1. The molecule has 24 heavy (non-hydrogen) atoms. The fourth-order valence-corrected chi connectivity index (χ4v) is 2.25. The summed E-state index contributed by atoms with van der Waals surface area (Å²) in [6.07, 6.45) is 0. The minimum absolute atomic E-state index is 0.220. The predicted octanol–water partition coefficient (Wildman–Crippen LogP) is 3.40. The van der Waals surface area contributed by atoms with E-state index in [0.717, 1.165) is 17.1 Å². The molecule has 6 nitrogen and oxygen atoms in total. The summed E-state index contributed by atoms with van der Waals surface area (Å²) in [5, 5.41) is 6.40. The van der Waals surface area contributed by atoms with E-state index in [1.54, 1.807) is 7.11 Å². The number of aromatic amines is 1. The lowest BCUT2D eigenvalue weighted by atomic mass is 10.2. The second-order valence-electron chi connectivity index (χ2n) is 5.21. The third-order valence-electron chi connectivity index (χ3n) is 3.30. The second-order valence-corrected chi connectivity index (χ2v) is 5.21. The Morgan fingerprint density at radius 2 is 1.58 bits per heavy atom. The number of hydrogen-bond acceptors (Lipinski definition) is 5. The first-order valence-electron chi connectivity index (χ1n) is 7.51. The van der Waals surface area contributed by atoms with Crippen LogP contribution in [-0.4, -0.2) is 17.1 Å². The molecule has 3 aromatic rings. The van der Waals surface area contributed by atoms with Gasteiger partial charge in [-0.2, -0.15) is 0 Å². The summed E-state index contributed by atoms with van der Waals surface area (Å²) in [7, 11) is 1.56. The first kappa shape index (κ1) is 15.8. The Bertz CT molecular complexity index is 845. The van der Waals surface area contributed by atoms with Gasteiger partial charge in [-0.3, -0.25) is 9.78 Å². The minimum Gasteiger partial charge on any atom is -0.378 e. The van der Waals surface area contributed by atoms with Gasteiger partial charge in [-0.25, -0.2) is 4.98 Å². The van der Waals surface area contributed by atoms with Crippen molar-refractivity contribution < 1.29 is 4.74 Å². The number of ether oxygens (including phenoxy) is 1. The molecule has 0 aliphatic heterocycles. The summed E-state index contributed by atoms with van der Waals surface area (Å²) in [4.78, 5) is 18.6. The quantitative estimate of drug-likeness (QED) is 0.648. The van der Waals surface area contributed by atoms with E-state index in [9.17, 15) is 4.79 Å². The maximum absolute atomic E-state index is 11.6. The Hall–Kier alpha value is -3.12. The number of rotatable bonds is 6. The number of anilines is 4. The van der Waals surface area contributed by atoms with Gasteiger partial charge in [0.25, 0.3) is 5.56 Å². The Morgan fingerprint density at radius 3 is 2.25 bits per heavy atom. The van der Waals surface area contributed by atoms with Crippen LogP contribution < -0.4 is 16.2 Å². The van der Waals surface area contributed by atoms with E-state index in [0.29, 0.717) is 18.2 Å². The average molecular weight is 322 g/mol. The Balaban J connectivity index is 1.71. The first-order chi connectivity index (χ1) is 11.7. The van der Waals surface area contributed by atoms with E-state index in [-0.39, 0.29) is 5.56 Å². The lowest BCUT2D eigenvalue weighted by molar-refractivity contribution is 0.181. The van der Waals surface area contributed by atoms with E-state index in [1.165, 1.54) is 6.07 Å². The minimum atomic E-state index is -0.220. The summed E-state index contributed by atoms with van der Waals surface area (Å²) < 4.78 is 5.01. The summed E-state index contributed by atoms with van der Waals surface area (Å²) in [6.45, 7) is 0.290. The maximum Gasteiger partial charge on any atom is 0.252 e. The molecule has 0 amide bonds. The van der Waals surface area contributed by atoms with Crippen molar-refractivity contribution in [3.05, 3.63) is 76.7 Å². The molecule has 0 saturated carbocycles. The molecule has 1 heterocycles. The van der Waals surface area contributed by atoms with Gasteiger partial charge in [0.15, 0.2) is 0 Å². The van der Waals surface area contributed by atoms with Crippen LogP contribution in [0.4, 0.5) is 23.0 Å². The van der Waals surface area contributed by atoms with E-state index in [4.69, 9.17) is 4.74 Å². The molecule has 2 aromatic carbocycles. The van der Waals surface area contributed by atoms with Crippen molar-refractivity contribution in [2.75, 3.05) is 17.7 Å². The zero-order valence-corrected chi connectivity index (χ0v) is 13.2. The highest BCUT2D eigenvalue weighted by Crippen LogP contribution is 2.20. The third-order valence-corrected chi connectivity index (χ3v) is 3.30. The monoisotopic (exact) mass is 322 g/mol. The molecule has 3 rings (SSSR count). The molecule has 0 unspecified atom stereocenters. The fourth-order valence-electron chi connectivity index (χ4n) is 2.25. The highest BCUT2D eigenvalue weighted by Gasteiger charge is 2.02. The normalized spacial score (nSPS) is 10.4. The van der Waals surface area contributed by atoms with Crippen LogP contribution in [0.25, 0.3) is 0 Å². The molecular weight excluding hydrogens is 304 g/mol. The first-order valence-corrected chi connectivity index (χ1v) is 7.51. The highest BCUT2D eigenvalue weighted by molar-refractivity contribution is 5.63. The molecule has 0 saturated heterocycles. The van der Waals surface area contributed by atoms with Crippen LogP contribution in [0, 0.1) is 0 Å². The summed E-state index contributed by atoms with van der Waals surface area (Å²) in [5.41, 5.74) is 3.18. The van der Waals surface area contributed by atoms with Crippen molar-refractivity contribution >= 4 is 23.0 Å². The van der Waals surface area contributed by atoms with E-state index >= 15 is 0 Å². The molecule has 0 aliphatic carbocycles. The van der Waals surface area contributed by atoms with Crippen LogP contribution in [-0.2, 0) is 11.3 Å². The Labute approximate surface area is 139 Å². The summed E-state index contributed by atoms with van der Waals surface area (Å²) >= 11 is 0. The number of methoxy groups -OCH3 is 1. The Kier molecular flexibility index (Phi) is 4.88. The molecule has 0 spiro atoms. The number of aromatic nitrogens is 2. The molecule has 0 bridgehead atoms. The van der Waals surface area contributed by atoms with E-state index < -0.39 is 0 Å². The summed E-state index contributed by atoms with van der Waals surface area (Å²) in [6, 6.07) is 19.1. The smallest absolute Gasteiger partial charge is 0.252 e. The zero-order chi connectivity index (χ0) is 16.8. The number of H-pyrrole nitrogens is 1. The number of para-hydroxylation sites is 1. The standard InChI is InChI=1S/C18H18N4O2/c1-24-12-16-11-17(23)22-18(21-16)20-15-9-7-14(8-10-15)19-13-5-3-2-4-6-13/h2-11,19H,12H2,1H3,(H2,20,21,22,23). The lowest BCUT2D eigenvalue weighted by Gasteiger charge is -2.09. The molecule has 6 heteroatoms. The van der Waals surface area contributed by atoms with Gasteiger partial charge >= 0.3 is 0 Å². The molecule has 0 aliphatic rings. The van der Waals surface area contributed by atoms with Gasteiger partial charge in [0, 0.05) is 30.2 Å². The number of nitrogens with one attached hydrogen (secondary N) is 3. The van der Waals surface area contributed by atoms with Gasteiger partial charge < -0.3 is 15.4 Å². The third kappa shape index (κ3) is 4.21. The Morgan fingerprint density at radius 1 is 0.958 bits per heavy atom. The van der Waals surface area contributed by atoms with Crippen molar-refractivity contribution in [1.29, 1.82) is 0 Å². The molecule has 0 atom stereocenters. The van der Waals surface area contributed by atoms with Gasteiger partial charge in [-0.1, -0.05) is 18.2 Å². The van der Waals surface area contributed by atoms with Gasteiger partial charge in [-0.15, -0.1) is 0 Å². The largest absolute Gasteiger partial charge is 0.378 e. The van der Waals surface area contributed by atoms with Crippen molar-refractivity contribution in [2.45, 2.75) is 6.61 Å². The molecule has 122 valence electrons. The van der Waals surface area contributed by atoms with Gasteiger partial charge in [0.05, 0.1) is 12.3 Å². The maximum atomic E-state index is 11.6. The average Bonchev–Trinajstić information content (AvgIpc) is 2.57. The van der Waals surface area contributed by atoms with Gasteiger partial charge in [-0.05, 0) is 36.4 Å². The van der Waals surface area contributed by atoms with Crippen LogP contribution >= 0.6 is 0 Å². The van der Waals surface area contributed by atoms with Crippen molar-refractivity contribution in [3.63, 3.8) is 0 Å². The molecule has 0 radical (unpaired) electrons. The second kappa shape index (κ2) is 7.43. The van der Waals surface area contributed by atoms with Crippen molar-refractivity contribution in [1.82, 2.24) is 9.97 Å². The molecular formula is C18H18N4O2. The van der Waals surface area contributed by atoms with Crippen LogP contribution in [0.15, 0.2) is 65.5 Å².